The lowest BCUT2D eigenvalue weighted by Crippen LogP contribution is -2.12. The molecular formula is C24H22O5. The van der Waals surface area contributed by atoms with Gasteiger partial charge >= 0.3 is 11.9 Å². The molecule has 0 N–H and O–H groups in total. The molecule has 148 valence electrons. The van der Waals surface area contributed by atoms with Gasteiger partial charge in [0.25, 0.3) is 0 Å². The van der Waals surface area contributed by atoms with Crippen molar-refractivity contribution in [2.45, 2.75) is 13.8 Å². The van der Waals surface area contributed by atoms with Crippen molar-refractivity contribution in [3.05, 3.63) is 83.3 Å². The maximum atomic E-state index is 12.7. The van der Waals surface area contributed by atoms with Crippen molar-refractivity contribution in [2.24, 2.45) is 0 Å². The number of benzene rings is 2. The Morgan fingerprint density at radius 1 is 0.828 bits per heavy atom. The zero-order valence-electron chi connectivity index (χ0n) is 16.4. The van der Waals surface area contributed by atoms with Crippen molar-refractivity contribution in [2.75, 3.05) is 13.2 Å². The van der Waals surface area contributed by atoms with Crippen LogP contribution in [0.1, 0.15) is 46.1 Å². The zero-order valence-corrected chi connectivity index (χ0v) is 16.4. The summed E-state index contributed by atoms with van der Waals surface area (Å²) in [6.07, 6.45) is 3.60. The van der Waals surface area contributed by atoms with E-state index in [1.807, 2.05) is 66.7 Å². The first-order valence-corrected chi connectivity index (χ1v) is 9.45. The number of carbonyl (C=O) groups is 2. The van der Waals surface area contributed by atoms with Gasteiger partial charge in [-0.15, -0.1) is 0 Å². The summed E-state index contributed by atoms with van der Waals surface area (Å²) in [6.45, 7) is 3.74. The lowest BCUT2D eigenvalue weighted by atomic mass is 9.99. The predicted molar refractivity (Wildman–Crippen MR) is 111 cm³/mol. The fraction of sp³-hybridized carbons (Fsp3) is 0.167. The molecule has 0 aliphatic carbocycles. The van der Waals surface area contributed by atoms with Crippen LogP contribution in [0.3, 0.4) is 0 Å². The summed E-state index contributed by atoms with van der Waals surface area (Å²) in [6, 6.07) is 18.9. The molecule has 5 heteroatoms. The minimum absolute atomic E-state index is 0.0733. The van der Waals surface area contributed by atoms with E-state index in [0.29, 0.717) is 11.3 Å². The SMILES string of the molecule is CCOC(=O)c1oc(/C=C/c2ccccc2)c(-c2ccccc2)c1C(=O)OCC. The third-order valence-corrected chi connectivity index (χ3v) is 4.17. The Bertz CT molecular complexity index is 1000. The molecule has 1 heterocycles. The molecule has 29 heavy (non-hydrogen) atoms. The Hall–Kier alpha value is -3.60. The Morgan fingerprint density at radius 3 is 2.03 bits per heavy atom. The molecule has 0 saturated heterocycles. The van der Waals surface area contributed by atoms with Gasteiger partial charge in [-0.3, -0.25) is 0 Å². The van der Waals surface area contributed by atoms with Gasteiger partial charge in [-0.2, -0.15) is 0 Å². The number of esters is 2. The summed E-state index contributed by atoms with van der Waals surface area (Å²) >= 11 is 0. The molecule has 0 atom stereocenters. The van der Waals surface area contributed by atoms with Gasteiger partial charge in [0.15, 0.2) is 0 Å². The van der Waals surface area contributed by atoms with Crippen LogP contribution in [0.15, 0.2) is 65.1 Å². The summed E-state index contributed by atoms with van der Waals surface area (Å²) in [5, 5.41) is 0. The highest BCUT2D eigenvalue weighted by Crippen LogP contribution is 2.35. The standard InChI is InChI=1S/C24H22O5/c1-3-27-23(25)21-20(18-13-9-6-10-14-18)19(29-22(21)24(26)28-4-2)16-15-17-11-7-5-8-12-17/h5-16H,3-4H2,1-2H3/b16-15+. The lowest BCUT2D eigenvalue weighted by molar-refractivity contribution is 0.0452. The number of hydrogen-bond donors (Lipinski definition) is 0. The monoisotopic (exact) mass is 390 g/mol. The minimum Gasteiger partial charge on any atom is -0.462 e. The van der Waals surface area contributed by atoms with Crippen LogP contribution in [0.4, 0.5) is 0 Å². The van der Waals surface area contributed by atoms with E-state index in [0.717, 1.165) is 11.1 Å². The smallest absolute Gasteiger partial charge is 0.375 e. The van der Waals surface area contributed by atoms with Crippen molar-refractivity contribution in [3.8, 4) is 11.1 Å². The molecule has 1 aromatic heterocycles. The molecule has 5 nitrogen and oxygen atoms in total. The van der Waals surface area contributed by atoms with E-state index in [-0.39, 0.29) is 24.5 Å². The van der Waals surface area contributed by atoms with Crippen LogP contribution < -0.4 is 0 Å². The number of rotatable bonds is 7. The van der Waals surface area contributed by atoms with Gasteiger partial charge in [0, 0.05) is 5.56 Å². The van der Waals surface area contributed by atoms with Crippen molar-refractivity contribution in [1.29, 1.82) is 0 Å². The molecule has 0 aliphatic heterocycles. The highest BCUT2D eigenvalue weighted by Gasteiger charge is 2.31. The molecule has 0 fully saturated rings. The summed E-state index contributed by atoms with van der Waals surface area (Å²) in [7, 11) is 0. The highest BCUT2D eigenvalue weighted by atomic mass is 16.5. The van der Waals surface area contributed by atoms with E-state index in [2.05, 4.69) is 0 Å². The van der Waals surface area contributed by atoms with Gasteiger partial charge in [-0.05, 0) is 31.1 Å². The summed E-state index contributed by atoms with van der Waals surface area (Å²) in [5.74, 6) is -1.10. The number of carbonyl (C=O) groups excluding carboxylic acids is 2. The van der Waals surface area contributed by atoms with Crippen LogP contribution >= 0.6 is 0 Å². The Morgan fingerprint density at radius 2 is 1.41 bits per heavy atom. The van der Waals surface area contributed by atoms with Crippen LogP contribution in [-0.2, 0) is 9.47 Å². The lowest BCUT2D eigenvalue weighted by Gasteiger charge is -2.06. The third-order valence-electron chi connectivity index (χ3n) is 4.17. The normalized spacial score (nSPS) is 10.8. The quantitative estimate of drug-likeness (QED) is 0.501. The van der Waals surface area contributed by atoms with Crippen molar-refractivity contribution in [1.82, 2.24) is 0 Å². The molecule has 0 aliphatic rings. The Labute approximate surface area is 169 Å². The van der Waals surface area contributed by atoms with E-state index in [1.165, 1.54) is 0 Å². The van der Waals surface area contributed by atoms with E-state index in [9.17, 15) is 9.59 Å². The largest absolute Gasteiger partial charge is 0.462 e. The fourth-order valence-electron chi connectivity index (χ4n) is 2.93. The Balaban J connectivity index is 2.20. The molecule has 2 aromatic carbocycles. The second-order valence-corrected chi connectivity index (χ2v) is 6.10. The molecular weight excluding hydrogens is 368 g/mol. The Kier molecular flexibility index (Phi) is 6.63. The molecule has 3 aromatic rings. The average molecular weight is 390 g/mol. The van der Waals surface area contributed by atoms with E-state index >= 15 is 0 Å². The van der Waals surface area contributed by atoms with Crippen LogP contribution in [-0.4, -0.2) is 25.2 Å². The van der Waals surface area contributed by atoms with Crippen molar-refractivity contribution >= 4 is 24.1 Å². The summed E-state index contributed by atoms with van der Waals surface area (Å²) in [5.41, 5.74) is 2.27. The molecule has 0 radical (unpaired) electrons. The molecule has 0 saturated carbocycles. The molecule has 0 unspecified atom stereocenters. The number of furan rings is 1. The average Bonchev–Trinajstić information content (AvgIpc) is 3.14. The topological polar surface area (TPSA) is 65.7 Å². The maximum absolute atomic E-state index is 12.7. The molecule has 0 bridgehead atoms. The van der Waals surface area contributed by atoms with Crippen LogP contribution in [0.2, 0.25) is 0 Å². The minimum atomic E-state index is -0.702. The first kappa shape index (κ1) is 20.1. The van der Waals surface area contributed by atoms with Gasteiger partial charge in [-0.1, -0.05) is 66.7 Å². The van der Waals surface area contributed by atoms with E-state index in [4.69, 9.17) is 13.9 Å². The second-order valence-electron chi connectivity index (χ2n) is 6.10. The predicted octanol–water partition coefficient (Wildman–Crippen LogP) is 5.47. The second kappa shape index (κ2) is 9.55. The van der Waals surface area contributed by atoms with Gasteiger partial charge in [0.05, 0.1) is 13.2 Å². The first-order chi connectivity index (χ1) is 14.2. The summed E-state index contributed by atoms with van der Waals surface area (Å²) < 4.78 is 16.1. The maximum Gasteiger partial charge on any atom is 0.375 e. The third kappa shape index (κ3) is 4.63. The van der Waals surface area contributed by atoms with E-state index in [1.54, 1.807) is 19.9 Å². The van der Waals surface area contributed by atoms with Gasteiger partial charge in [-0.25, -0.2) is 9.59 Å². The number of ether oxygens (including phenoxy) is 2. The van der Waals surface area contributed by atoms with Crippen LogP contribution in [0.5, 0.6) is 0 Å². The first-order valence-electron chi connectivity index (χ1n) is 9.45. The molecule has 3 rings (SSSR count). The van der Waals surface area contributed by atoms with Crippen LogP contribution in [0, 0.1) is 0 Å². The van der Waals surface area contributed by atoms with Crippen molar-refractivity contribution < 1.29 is 23.5 Å². The molecule has 0 amide bonds. The van der Waals surface area contributed by atoms with Gasteiger partial charge < -0.3 is 13.9 Å². The highest BCUT2D eigenvalue weighted by molar-refractivity contribution is 6.08. The van der Waals surface area contributed by atoms with Gasteiger partial charge in [0.1, 0.15) is 11.3 Å². The van der Waals surface area contributed by atoms with Crippen molar-refractivity contribution in [3.63, 3.8) is 0 Å². The summed E-state index contributed by atoms with van der Waals surface area (Å²) in [4.78, 5) is 25.2. The zero-order chi connectivity index (χ0) is 20.6. The van der Waals surface area contributed by atoms with Crippen LogP contribution in [0.25, 0.3) is 23.3 Å². The fourth-order valence-corrected chi connectivity index (χ4v) is 2.93. The molecule has 0 spiro atoms. The van der Waals surface area contributed by atoms with Gasteiger partial charge in [0.2, 0.25) is 5.76 Å². The van der Waals surface area contributed by atoms with E-state index < -0.39 is 11.9 Å². The number of hydrogen-bond acceptors (Lipinski definition) is 5.